The molecule has 0 amide bonds. The molecule has 0 heterocycles. The van der Waals surface area contributed by atoms with Crippen LogP contribution in [0.15, 0.2) is 133 Å². The minimum atomic E-state index is 1.24. The fourth-order valence-corrected chi connectivity index (χ4v) is 5.49. The summed E-state index contributed by atoms with van der Waals surface area (Å²) in [5.41, 5.74) is 5.06. The fraction of sp³-hybridized carbons (Fsp3) is 0. The Morgan fingerprint density at radius 3 is 1.53 bits per heavy atom. The lowest BCUT2D eigenvalue weighted by Crippen LogP contribution is -1.91. The zero-order valence-corrected chi connectivity index (χ0v) is 18.7. The maximum Gasteiger partial charge on any atom is -0.00139 e. The molecule has 0 atom stereocenters. The summed E-state index contributed by atoms with van der Waals surface area (Å²) in [6.07, 6.45) is 0. The van der Waals surface area contributed by atoms with E-state index in [0.717, 1.165) is 0 Å². The van der Waals surface area contributed by atoms with Crippen LogP contribution in [0.2, 0.25) is 0 Å². The van der Waals surface area contributed by atoms with Crippen molar-refractivity contribution in [2.75, 3.05) is 0 Å². The molecule has 7 aromatic carbocycles. The molecule has 0 aliphatic carbocycles. The molecule has 7 rings (SSSR count). The van der Waals surface area contributed by atoms with Gasteiger partial charge in [0.05, 0.1) is 0 Å². The van der Waals surface area contributed by atoms with Crippen molar-refractivity contribution in [3.05, 3.63) is 133 Å². The van der Waals surface area contributed by atoms with E-state index in [1.165, 1.54) is 65.3 Å². The highest BCUT2D eigenvalue weighted by atomic mass is 14.2. The van der Waals surface area contributed by atoms with E-state index in [9.17, 15) is 0 Å². The molecule has 0 nitrogen and oxygen atoms in total. The number of hydrogen-bond donors (Lipinski definition) is 0. The fourth-order valence-electron chi connectivity index (χ4n) is 5.49. The monoisotopic (exact) mass is 430 g/mol. The van der Waals surface area contributed by atoms with Crippen molar-refractivity contribution >= 4 is 43.1 Å². The quantitative estimate of drug-likeness (QED) is 0.189. The molecule has 158 valence electrons. The van der Waals surface area contributed by atoms with Crippen LogP contribution in [0.3, 0.4) is 0 Å². The Morgan fingerprint density at radius 1 is 0.324 bits per heavy atom. The molecule has 0 aromatic heterocycles. The van der Waals surface area contributed by atoms with Gasteiger partial charge < -0.3 is 0 Å². The Labute approximate surface area is 198 Å². The minimum Gasteiger partial charge on any atom is -0.0622 e. The largest absolute Gasteiger partial charge is 0.0622 e. The number of fused-ring (bicyclic) bond motifs is 7. The molecule has 0 heteroatoms. The predicted molar refractivity (Wildman–Crippen MR) is 147 cm³/mol. The molecular formula is C34H22. The molecule has 34 heavy (non-hydrogen) atoms. The predicted octanol–water partition coefficient (Wildman–Crippen LogP) is 9.63. The van der Waals surface area contributed by atoms with E-state index in [0.29, 0.717) is 0 Å². The molecule has 7 aromatic rings. The van der Waals surface area contributed by atoms with Gasteiger partial charge in [0.25, 0.3) is 0 Å². The molecule has 0 aliphatic rings. The minimum absolute atomic E-state index is 1.24. The third kappa shape index (κ3) is 2.86. The lowest BCUT2D eigenvalue weighted by molar-refractivity contribution is 1.62. The first-order valence-corrected chi connectivity index (χ1v) is 11.8. The van der Waals surface area contributed by atoms with Gasteiger partial charge in [-0.25, -0.2) is 0 Å². The van der Waals surface area contributed by atoms with Crippen LogP contribution in [0.5, 0.6) is 0 Å². The van der Waals surface area contributed by atoms with Gasteiger partial charge in [0.15, 0.2) is 0 Å². The van der Waals surface area contributed by atoms with E-state index in [-0.39, 0.29) is 0 Å². The van der Waals surface area contributed by atoms with E-state index in [1.54, 1.807) is 0 Å². The SMILES string of the molecule is c1ccc(-c2ccc3c4ccccc4c4cc5ccccc5cc4c3c2-c2ccccc2)cc1. The Bertz CT molecular complexity index is 1830. The van der Waals surface area contributed by atoms with Gasteiger partial charge >= 0.3 is 0 Å². The summed E-state index contributed by atoms with van der Waals surface area (Å²) in [6, 6.07) is 48.5. The first kappa shape index (κ1) is 19.1. The first-order valence-electron chi connectivity index (χ1n) is 11.8. The molecule has 0 spiro atoms. The normalized spacial score (nSPS) is 11.5. The van der Waals surface area contributed by atoms with Crippen LogP contribution in [0.1, 0.15) is 0 Å². The van der Waals surface area contributed by atoms with Crippen molar-refractivity contribution in [2.45, 2.75) is 0 Å². The maximum absolute atomic E-state index is 2.39. The van der Waals surface area contributed by atoms with E-state index < -0.39 is 0 Å². The zero-order valence-electron chi connectivity index (χ0n) is 18.7. The Balaban J connectivity index is 1.78. The molecule has 0 N–H and O–H groups in total. The van der Waals surface area contributed by atoms with Crippen LogP contribution in [0.4, 0.5) is 0 Å². The van der Waals surface area contributed by atoms with E-state index in [1.807, 2.05) is 0 Å². The Kier molecular flexibility index (Phi) is 4.25. The zero-order chi connectivity index (χ0) is 22.5. The summed E-state index contributed by atoms with van der Waals surface area (Å²) >= 11 is 0. The van der Waals surface area contributed by atoms with Gasteiger partial charge in [0.2, 0.25) is 0 Å². The lowest BCUT2D eigenvalue weighted by Gasteiger charge is -2.19. The van der Waals surface area contributed by atoms with Crippen LogP contribution in [0.25, 0.3) is 65.3 Å². The summed E-state index contributed by atoms with van der Waals surface area (Å²) in [5, 5.41) is 10.4. The highest BCUT2D eigenvalue weighted by Crippen LogP contribution is 2.45. The summed E-state index contributed by atoms with van der Waals surface area (Å²) in [7, 11) is 0. The van der Waals surface area contributed by atoms with Crippen LogP contribution in [0, 0.1) is 0 Å². The maximum atomic E-state index is 2.39. The van der Waals surface area contributed by atoms with Gasteiger partial charge in [-0.05, 0) is 77.5 Å². The van der Waals surface area contributed by atoms with Crippen molar-refractivity contribution < 1.29 is 0 Å². The van der Waals surface area contributed by atoms with Gasteiger partial charge in [0.1, 0.15) is 0 Å². The number of rotatable bonds is 2. The second-order valence-corrected chi connectivity index (χ2v) is 8.93. The third-order valence-corrected chi connectivity index (χ3v) is 7.02. The van der Waals surface area contributed by atoms with Gasteiger partial charge in [-0.2, -0.15) is 0 Å². The molecule has 0 radical (unpaired) electrons. The molecule has 0 bridgehead atoms. The molecule has 0 fully saturated rings. The van der Waals surface area contributed by atoms with Crippen molar-refractivity contribution in [2.24, 2.45) is 0 Å². The topological polar surface area (TPSA) is 0 Å². The molecule has 0 aliphatic heterocycles. The average Bonchev–Trinajstić information content (AvgIpc) is 2.92. The molecule has 0 saturated heterocycles. The van der Waals surface area contributed by atoms with E-state index in [2.05, 4.69) is 133 Å². The highest BCUT2D eigenvalue weighted by molar-refractivity contribution is 6.31. The van der Waals surface area contributed by atoms with Crippen molar-refractivity contribution in [1.29, 1.82) is 0 Å². The Hall–Kier alpha value is -4.42. The van der Waals surface area contributed by atoms with Crippen LogP contribution in [-0.2, 0) is 0 Å². The summed E-state index contributed by atoms with van der Waals surface area (Å²) in [5.74, 6) is 0. The average molecular weight is 431 g/mol. The van der Waals surface area contributed by atoms with Crippen molar-refractivity contribution in [3.63, 3.8) is 0 Å². The summed E-state index contributed by atoms with van der Waals surface area (Å²) in [6.45, 7) is 0. The van der Waals surface area contributed by atoms with Crippen LogP contribution >= 0.6 is 0 Å². The van der Waals surface area contributed by atoms with Crippen molar-refractivity contribution in [1.82, 2.24) is 0 Å². The van der Waals surface area contributed by atoms with E-state index >= 15 is 0 Å². The van der Waals surface area contributed by atoms with Crippen molar-refractivity contribution in [3.8, 4) is 22.3 Å². The second kappa shape index (κ2) is 7.57. The van der Waals surface area contributed by atoms with Gasteiger partial charge in [-0.3, -0.25) is 0 Å². The van der Waals surface area contributed by atoms with Gasteiger partial charge in [0, 0.05) is 0 Å². The van der Waals surface area contributed by atoms with Crippen LogP contribution in [-0.4, -0.2) is 0 Å². The standard InChI is InChI=1S/C34H22/c1-3-11-23(12-4-1)27-19-20-30-28-17-9-10-18-29(28)31-21-25-15-7-8-16-26(25)22-32(31)34(30)33(27)24-13-5-2-6-14-24/h1-22H. The summed E-state index contributed by atoms with van der Waals surface area (Å²) in [4.78, 5) is 0. The number of hydrogen-bond acceptors (Lipinski definition) is 0. The summed E-state index contributed by atoms with van der Waals surface area (Å²) < 4.78 is 0. The smallest absolute Gasteiger partial charge is 0.00139 e. The third-order valence-electron chi connectivity index (χ3n) is 7.02. The molecule has 0 saturated carbocycles. The molecule has 0 unspecified atom stereocenters. The first-order chi connectivity index (χ1) is 16.9. The number of benzene rings is 7. The second-order valence-electron chi connectivity index (χ2n) is 8.93. The molecular weight excluding hydrogens is 408 g/mol. The van der Waals surface area contributed by atoms with Gasteiger partial charge in [-0.1, -0.05) is 121 Å². The highest BCUT2D eigenvalue weighted by Gasteiger charge is 2.17. The lowest BCUT2D eigenvalue weighted by atomic mass is 9.84. The van der Waals surface area contributed by atoms with Gasteiger partial charge in [-0.15, -0.1) is 0 Å². The van der Waals surface area contributed by atoms with E-state index in [4.69, 9.17) is 0 Å². The van der Waals surface area contributed by atoms with Crippen LogP contribution < -0.4 is 0 Å². The Morgan fingerprint density at radius 2 is 0.853 bits per heavy atom.